The van der Waals surface area contributed by atoms with Gasteiger partial charge in [-0.1, -0.05) is 33.1 Å². The molecule has 103 valence electrons. The van der Waals surface area contributed by atoms with Crippen molar-refractivity contribution in [3.63, 3.8) is 0 Å². The van der Waals surface area contributed by atoms with Crippen LogP contribution in [0.1, 0.15) is 46.5 Å². The maximum atomic E-state index is 11.1. The van der Waals surface area contributed by atoms with Crippen molar-refractivity contribution in [1.29, 1.82) is 0 Å². The Morgan fingerprint density at radius 3 is 2.28 bits per heavy atom. The summed E-state index contributed by atoms with van der Waals surface area (Å²) in [5.74, 6) is 0.0293. The second-order valence-corrected chi connectivity index (χ2v) is 5.77. The number of unbranched alkanes of at least 4 members (excludes halogenated alkanes) is 1. The average Bonchev–Trinajstić information content (AvgIpc) is 2.29. The van der Waals surface area contributed by atoms with E-state index in [-0.39, 0.29) is 47.8 Å². The van der Waals surface area contributed by atoms with Crippen LogP contribution < -0.4 is 0 Å². The molecule has 0 heterocycles. The van der Waals surface area contributed by atoms with Crippen molar-refractivity contribution < 1.29 is 22.1 Å². The first-order chi connectivity index (χ1) is 7.95. The molecule has 0 amide bonds. The number of carbonyl (C=O) groups excluding carboxylic acids is 1. The Kier molecular flexibility index (Phi) is 12.6. The molecule has 0 N–H and O–H groups in total. The van der Waals surface area contributed by atoms with Crippen LogP contribution in [0.4, 0.5) is 4.79 Å². The van der Waals surface area contributed by atoms with Crippen LogP contribution >= 0.6 is 0 Å². The standard InChI is InChI=1S/C11H22O5S.Na/c1-4-7-8-10(5-2)9-15-11(12)16-17(13,14)6-3;/h10H,4-9H2,1-3H3;. The van der Waals surface area contributed by atoms with Gasteiger partial charge in [0.05, 0.1) is 12.4 Å². The van der Waals surface area contributed by atoms with Gasteiger partial charge in [0.2, 0.25) is 0 Å². The monoisotopic (exact) mass is 289 g/mol. The Balaban J connectivity index is 0. The molecule has 7 heteroatoms. The minimum atomic E-state index is -3.76. The molecule has 0 aromatic rings. The molecule has 1 unspecified atom stereocenters. The molecule has 0 aliphatic carbocycles. The van der Waals surface area contributed by atoms with Crippen LogP contribution in [0.5, 0.6) is 0 Å². The summed E-state index contributed by atoms with van der Waals surface area (Å²) in [5, 5.41) is 0. The first-order valence-corrected chi connectivity index (χ1v) is 7.61. The Bertz CT molecular complexity index is 315. The SMILES string of the molecule is CCCCC(CC)COC(=O)OS(=O)(=O)CC.[Na]. The van der Waals surface area contributed by atoms with Crippen LogP contribution in [0.25, 0.3) is 0 Å². The summed E-state index contributed by atoms with van der Waals surface area (Å²) in [5.41, 5.74) is 0. The molecule has 0 aromatic carbocycles. The third-order valence-corrected chi connectivity index (χ3v) is 3.63. The fraction of sp³-hybridized carbons (Fsp3) is 0.909. The summed E-state index contributed by atoms with van der Waals surface area (Å²) in [6.45, 7) is 5.72. The molecular formula is C11H22NaO5S. The normalized spacial score (nSPS) is 12.4. The van der Waals surface area contributed by atoms with Gasteiger partial charge in [0.15, 0.2) is 0 Å². The number of rotatable bonds is 8. The van der Waals surface area contributed by atoms with Crippen molar-refractivity contribution in [2.45, 2.75) is 46.5 Å². The van der Waals surface area contributed by atoms with Crippen LogP contribution in [-0.2, 0) is 19.0 Å². The maximum Gasteiger partial charge on any atom is 0.524 e. The van der Waals surface area contributed by atoms with Crippen LogP contribution in [0.2, 0.25) is 0 Å². The van der Waals surface area contributed by atoms with E-state index in [9.17, 15) is 13.2 Å². The molecular weight excluding hydrogens is 267 g/mol. The molecule has 0 bridgehead atoms. The predicted molar refractivity (Wildman–Crippen MR) is 71.0 cm³/mol. The quantitative estimate of drug-likeness (QED) is 0.389. The second-order valence-electron chi connectivity index (χ2n) is 3.91. The van der Waals surface area contributed by atoms with E-state index in [0.29, 0.717) is 0 Å². The summed E-state index contributed by atoms with van der Waals surface area (Å²) in [7, 11) is -3.76. The van der Waals surface area contributed by atoms with Crippen molar-refractivity contribution in [1.82, 2.24) is 0 Å². The summed E-state index contributed by atoms with van der Waals surface area (Å²) >= 11 is 0. The van der Waals surface area contributed by atoms with Gasteiger partial charge in [-0.05, 0) is 19.3 Å². The topological polar surface area (TPSA) is 69.7 Å². The van der Waals surface area contributed by atoms with Gasteiger partial charge in [-0.3, -0.25) is 0 Å². The summed E-state index contributed by atoms with van der Waals surface area (Å²) in [4.78, 5) is 11.1. The molecule has 5 nitrogen and oxygen atoms in total. The van der Waals surface area contributed by atoms with Crippen molar-refractivity contribution >= 4 is 45.8 Å². The smallest absolute Gasteiger partial charge is 0.433 e. The van der Waals surface area contributed by atoms with Crippen molar-refractivity contribution in [3.05, 3.63) is 0 Å². The van der Waals surface area contributed by atoms with Gasteiger partial charge in [-0.25, -0.2) is 4.79 Å². The minimum absolute atomic E-state index is 0. The maximum absolute atomic E-state index is 11.1. The molecule has 0 aliphatic heterocycles. The van der Waals surface area contributed by atoms with Crippen LogP contribution in [-0.4, -0.2) is 56.5 Å². The zero-order valence-corrected chi connectivity index (χ0v) is 14.6. The van der Waals surface area contributed by atoms with E-state index in [4.69, 9.17) is 4.74 Å². The van der Waals surface area contributed by atoms with Crippen LogP contribution in [0, 0.1) is 5.92 Å². The molecule has 0 fully saturated rings. The van der Waals surface area contributed by atoms with Crippen molar-refractivity contribution in [3.8, 4) is 0 Å². The molecule has 18 heavy (non-hydrogen) atoms. The number of hydrogen-bond donors (Lipinski definition) is 0. The van der Waals surface area contributed by atoms with Crippen LogP contribution in [0.15, 0.2) is 0 Å². The van der Waals surface area contributed by atoms with E-state index < -0.39 is 16.3 Å². The first kappa shape index (κ1) is 20.5. The molecule has 0 aliphatic rings. The van der Waals surface area contributed by atoms with Gasteiger partial charge < -0.3 is 8.92 Å². The van der Waals surface area contributed by atoms with Gasteiger partial charge >= 0.3 is 16.3 Å². The van der Waals surface area contributed by atoms with Gasteiger partial charge in [0.1, 0.15) is 0 Å². The molecule has 0 aromatic heterocycles. The molecule has 1 radical (unpaired) electrons. The third-order valence-electron chi connectivity index (χ3n) is 2.53. The summed E-state index contributed by atoms with van der Waals surface area (Å²) in [6, 6.07) is 0. The largest absolute Gasteiger partial charge is 0.524 e. The summed E-state index contributed by atoms with van der Waals surface area (Å²) < 4.78 is 30.9. The van der Waals surface area contributed by atoms with E-state index >= 15 is 0 Å². The first-order valence-electron chi connectivity index (χ1n) is 6.04. The molecule has 0 spiro atoms. The van der Waals surface area contributed by atoms with Crippen molar-refractivity contribution in [2.75, 3.05) is 12.4 Å². The average molecular weight is 289 g/mol. The fourth-order valence-corrected chi connectivity index (χ4v) is 1.64. The Morgan fingerprint density at radius 1 is 1.22 bits per heavy atom. The third kappa shape index (κ3) is 10.2. The second kappa shape index (κ2) is 11.1. The van der Waals surface area contributed by atoms with Gasteiger partial charge in [-0.2, -0.15) is 8.42 Å². The molecule has 0 rings (SSSR count). The van der Waals surface area contributed by atoms with Gasteiger partial charge in [-0.15, -0.1) is 0 Å². The van der Waals surface area contributed by atoms with Crippen LogP contribution in [0.3, 0.4) is 0 Å². The number of ether oxygens (including phenoxy) is 1. The zero-order valence-electron chi connectivity index (χ0n) is 11.8. The minimum Gasteiger partial charge on any atom is -0.433 e. The van der Waals surface area contributed by atoms with Crippen molar-refractivity contribution in [2.24, 2.45) is 5.92 Å². The van der Waals surface area contributed by atoms with E-state index in [1.54, 1.807) is 0 Å². The predicted octanol–water partition coefficient (Wildman–Crippen LogP) is 2.32. The van der Waals surface area contributed by atoms with E-state index in [1.807, 2.05) is 6.92 Å². The Labute approximate surface area is 132 Å². The van der Waals surface area contributed by atoms with E-state index in [0.717, 1.165) is 25.7 Å². The zero-order chi connectivity index (χ0) is 13.3. The number of hydrogen-bond acceptors (Lipinski definition) is 5. The number of carbonyl (C=O) groups is 1. The van der Waals surface area contributed by atoms with Gasteiger partial charge in [0.25, 0.3) is 0 Å². The summed E-state index contributed by atoms with van der Waals surface area (Å²) in [6.07, 6.45) is 2.91. The van der Waals surface area contributed by atoms with Gasteiger partial charge in [0, 0.05) is 29.6 Å². The van der Waals surface area contributed by atoms with E-state index in [1.165, 1.54) is 6.92 Å². The van der Waals surface area contributed by atoms with E-state index in [2.05, 4.69) is 11.1 Å². The Morgan fingerprint density at radius 2 is 1.83 bits per heavy atom. The molecule has 0 saturated heterocycles. The molecule has 1 atom stereocenters. The molecule has 0 saturated carbocycles. The fourth-order valence-electron chi connectivity index (χ4n) is 1.27. The Hall–Kier alpha value is 0.220.